The Morgan fingerprint density at radius 1 is 1.08 bits per heavy atom. The van der Waals surface area contributed by atoms with Crippen molar-refractivity contribution in [1.29, 1.82) is 0 Å². The number of carbonyl (C=O) groups is 2. The Bertz CT molecular complexity index is 793. The Kier molecular flexibility index (Phi) is 6.07. The molecule has 2 aromatic carbocycles. The number of amides is 2. The van der Waals surface area contributed by atoms with Gasteiger partial charge in [0.05, 0.1) is 5.69 Å². The van der Waals surface area contributed by atoms with E-state index in [1.54, 1.807) is 4.90 Å². The number of aliphatic imine (C=N–C) groups is 1. The number of thioether (sulfide) groups is 1. The lowest BCUT2D eigenvalue weighted by Gasteiger charge is -2.16. The lowest BCUT2D eigenvalue weighted by atomic mass is 10.1. The van der Waals surface area contributed by atoms with E-state index >= 15 is 0 Å². The Balaban J connectivity index is 1.73. The summed E-state index contributed by atoms with van der Waals surface area (Å²) in [7, 11) is 0. The van der Waals surface area contributed by atoms with Crippen LogP contribution in [0.4, 0.5) is 5.69 Å². The van der Waals surface area contributed by atoms with Crippen LogP contribution in [0.1, 0.15) is 18.4 Å². The summed E-state index contributed by atoms with van der Waals surface area (Å²) < 4.78 is 0. The molecule has 0 bridgehead atoms. The number of aryl methyl sites for hydroxylation is 1. The number of hydrogen-bond donors (Lipinski definition) is 1. The summed E-state index contributed by atoms with van der Waals surface area (Å²) in [6.07, 6.45) is 1.74. The zero-order valence-corrected chi connectivity index (χ0v) is 15.2. The maximum absolute atomic E-state index is 12.7. The maximum Gasteiger partial charge on any atom is 0.242 e. The Labute approximate surface area is 157 Å². The lowest BCUT2D eigenvalue weighted by molar-refractivity contribution is -0.128. The molecule has 5 nitrogen and oxygen atoms in total. The highest BCUT2D eigenvalue weighted by Crippen LogP contribution is 2.31. The predicted molar refractivity (Wildman–Crippen MR) is 105 cm³/mol. The van der Waals surface area contributed by atoms with E-state index in [4.69, 9.17) is 5.73 Å². The summed E-state index contributed by atoms with van der Waals surface area (Å²) >= 11 is 1.32. The van der Waals surface area contributed by atoms with Gasteiger partial charge in [0.2, 0.25) is 11.8 Å². The molecule has 3 rings (SSSR count). The summed E-state index contributed by atoms with van der Waals surface area (Å²) in [6.45, 7) is 0.571. The minimum Gasteiger partial charge on any atom is -0.370 e. The van der Waals surface area contributed by atoms with Crippen LogP contribution in [0.3, 0.4) is 0 Å². The average Bonchev–Trinajstić information content (AvgIpc) is 2.92. The van der Waals surface area contributed by atoms with Crippen molar-refractivity contribution in [3.63, 3.8) is 0 Å². The number of amidine groups is 1. The number of primary amides is 1. The molecule has 2 N–H and O–H groups in total. The number of hydrogen-bond acceptors (Lipinski definition) is 4. The summed E-state index contributed by atoms with van der Waals surface area (Å²) in [4.78, 5) is 30.3. The van der Waals surface area contributed by atoms with Crippen molar-refractivity contribution in [3.05, 3.63) is 66.2 Å². The van der Waals surface area contributed by atoms with Gasteiger partial charge in [-0.2, -0.15) is 0 Å². The third kappa shape index (κ3) is 4.73. The van der Waals surface area contributed by atoms with Gasteiger partial charge in [-0.15, -0.1) is 0 Å². The van der Waals surface area contributed by atoms with Crippen LogP contribution in [0.2, 0.25) is 0 Å². The van der Waals surface area contributed by atoms with Gasteiger partial charge < -0.3 is 5.73 Å². The van der Waals surface area contributed by atoms with Gasteiger partial charge in [-0.1, -0.05) is 60.3 Å². The van der Waals surface area contributed by atoms with Gasteiger partial charge in [-0.05, 0) is 30.5 Å². The first kappa shape index (κ1) is 18.2. The van der Waals surface area contributed by atoms with E-state index in [1.807, 2.05) is 48.5 Å². The minimum absolute atomic E-state index is 0.0342. The van der Waals surface area contributed by atoms with Crippen LogP contribution >= 0.6 is 11.8 Å². The third-order valence-corrected chi connectivity index (χ3v) is 5.25. The zero-order valence-electron chi connectivity index (χ0n) is 14.4. The highest BCUT2D eigenvalue weighted by Gasteiger charge is 2.38. The van der Waals surface area contributed by atoms with Crippen LogP contribution in [0.5, 0.6) is 0 Å². The van der Waals surface area contributed by atoms with Gasteiger partial charge in [-0.3, -0.25) is 14.5 Å². The zero-order chi connectivity index (χ0) is 18.4. The molecule has 1 atom stereocenters. The first-order chi connectivity index (χ1) is 12.6. The molecular formula is C20H21N3O2S. The quantitative estimate of drug-likeness (QED) is 0.817. The van der Waals surface area contributed by atoms with Crippen molar-refractivity contribution in [3.8, 4) is 0 Å². The first-order valence-corrected chi connectivity index (χ1v) is 9.45. The van der Waals surface area contributed by atoms with Crippen LogP contribution in [0.15, 0.2) is 65.7 Å². The van der Waals surface area contributed by atoms with E-state index < -0.39 is 11.2 Å². The maximum atomic E-state index is 12.7. The number of rotatable bonds is 7. The average molecular weight is 367 g/mol. The van der Waals surface area contributed by atoms with Crippen molar-refractivity contribution in [2.75, 3.05) is 6.54 Å². The van der Waals surface area contributed by atoms with Gasteiger partial charge in [0.25, 0.3) is 0 Å². The molecular weight excluding hydrogens is 346 g/mol. The molecule has 1 saturated heterocycles. The smallest absolute Gasteiger partial charge is 0.242 e. The molecule has 0 unspecified atom stereocenters. The first-order valence-electron chi connectivity index (χ1n) is 8.57. The Hall–Kier alpha value is -2.60. The van der Waals surface area contributed by atoms with E-state index in [0.29, 0.717) is 11.7 Å². The van der Waals surface area contributed by atoms with E-state index in [9.17, 15) is 9.59 Å². The molecule has 26 heavy (non-hydrogen) atoms. The fourth-order valence-corrected chi connectivity index (χ4v) is 4.01. The predicted octanol–water partition coefficient (Wildman–Crippen LogP) is 3.13. The van der Waals surface area contributed by atoms with Crippen molar-refractivity contribution in [1.82, 2.24) is 4.90 Å². The molecule has 134 valence electrons. The molecule has 0 saturated carbocycles. The number of nitrogens with two attached hydrogens (primary N) is 1. The van der Waals surface area contributed by atoms with Crippen molar-refractivity contribution in [2.45, 2.75) is 24.5 Å². The molecule has 1 aliphatic rings. The monoisotopic (exact) mass is 367 g/mol. The molecule has 0 aliphatic carbocycles. The molecule has 2 amide bonds. The van der Waals surface area contributed by atoms with Gasteiger partial charge >= 0.3 is 0 Å². The second-order valence-electron chi connectivity index (χ2n) is 6.09. The number of para-hydroxylation sites is 1. The van der Waals surface area contributed by atoms with Gasteiger partial charge in [-0.25, -0.2) is 4.99 Å². The fourth-order valence-electron chi connectivity index (χ4n) is 2.81. The summed E-state index contributed by atoms with van der Waals surface area (Å²) in [6, 6.07) is 19.7. The molecule has 0 radical (unpaired) electrons. The highest BCUT2D eigenvalue weighted by atomic mass is 32.2. The minimum atomic E-state index is -0.480. The number of carbonyl (C=O) groups excluding carboxylic acids is 2. The van der Waals surface area contributed by atoms with Gasteiger partial charge in [0, 0.05) is 13.0 Å². The molecule has 2 aromatic rings. The molecule has 0 aromatic heterocycles. The van der Waals surface area contributed by atoms with E-state index in [-0.39, 0.29) is 12.3 Å². The van der Waals surface area contributed by atoms with Crippen molar-refractivity contribution in [2.24, 2.45) is 10.7 Å². The van der Waals surface area contributed by atoms with Gasteiger partial charge in [0.1, 0.15) is 5.25 Å². The van der Waals surface area contributed by atoms with Crippen LogP contribution in [-0.2, 0) is 16.0 Å². The number of nitrogens with zero attached hydrogens (tertiary/aromatic N) is 2. The lowest BCUT2D eigenvalue weighted by Crippen LogP contribution is -2.34. The Morgan fingerprint density at radius 2 is 1.73 bits per heavy atom. The fraction of sp³-hybridized carbons (Fsp3) is 0.250. The van der Waals surface area contributed by atoms with E-state index in [2.05, 4.69) is 17.1 Å². The van der Waals surface area contributed by atoms with Crippen LogP contribution in [0, 0.1) is 0 Å². The van der Waals surface area contributed by atoms with Crippen molar-refractivity contribution >= 4 is 34.4 Å². The normalized spacial score (nSPS) is 18.5. The molecule has 6 heteroatoms. The van der Waals surface area contributed by atoms with Gasteiger partial charge in [0.15, 0.2) is 5.17 Å². The van der Waals surface area contributed by atoms with Crippen LogP contribution in [-0.4, -0.2) is 33.7 Å². The second kappa shape index (κ2) is 8.67. The summed E-state index contributed by atoms with van der Waals surface area (Å²) in [5.41, 5.74) is 7.32. The molecule has 1 fully saturated rings. The molecule has 0 spiro atoms. The largest absolute Gasteiger partial charge is 0.370 e. The SMILES string of the molecule is NC(=O)C[C@@H]1SC(=Nc2ccccc2)N(CCCc2ccccc2)C1=O. The van der Waals surface area contributed by atoms with Crippen molar-refractivity contribution < 1.29 is 9.59 Å². The van der Waals surface area contributed by atoms with E-state index in [1.165, 1.54) is 17.3 Å². The van der Waals surface area contributed by atoms with Crippen LogP contribution in [0.25, 0.3) is 0 Å². The standard InChI is InChI=1S/C20H21N3O2S/c21-18(24)14-17-19(25)23(13-7-10-15-8-3-1-4-9-15)20(26-17)22-16-11-5-2-6-12-16/h1-6,8-9,11-12,17H,7,10,13-14H2,(H2,21,24)/t17-/m0/s1. The molecule has 1 aliphatic heterocycles. The topological polar surface area (TPSA) is 75.8 Å². The Morgan fingerprint density at radius 3 is 2.38 bits per heavy atom. The summed E-state index contributed by atoms with van der Waals surface area (Å²) in [5, 5.41) is 0.159. The van der Waals surface area contributed by atoms with E-state index in [0.717, 1.165) is 18.5 Å². The van der Waals surface area contributed by atoms with Crippen LogP contribution < -0.4 is 5.73 Å². The molecule has 1 heterocycles. The number of benzene rings is 2. The third-order valence-electron chi connectivity index (χ3n) is 4.08. The highest BCUT2D eigenvalue weighted by molar-refractivity contribution is 8.15. The summed E-state index contributed by atoms with van der Waals surface area (Å²) in [5.74, 6) is -0.558. The second-order valence-corrected chi connectivity index (χ2v) is 7.26.